The number of carboxylic acids is 1. The average molecular weight is 278 g/mol. The van der Waals surface area contributed by atoms with E-state index in [0.29, 0.717) is 31.9 Å². The molecule has 1 aromatic heterocycles. The van der Waals surface area contributed by atoms with E-state index in [1.54, 1.807) is 25.3 Å². The van der Waals surface area contributed by atoms with E-state index in [4.69, 9.17) is 14.6 Å². The van der Waals surface area contributed by atoms with Crippen molar-refractivity contribution in [3.8, 4) is 0 Å². The third-order valence-corrected chi connectivity index (χ3v) is 3.01. The van der Waals surface area contributed by atoms with Gasteiger partial charge < -0.3 is 19.1 Å². The van der Waals surface area contributed by atoms with Crippen molar-refractivity contribution in [3.63, 3.8) is 0 Å². The van der Waals surface area contributed by atoms with E-state index in [9.17, 15) is 4.79 Å². The molecule has 0 unspecified atom stereocenters. The highest BCUT2D eigenvalue weighted by Gasteiger charge is 2.12. The Morgan fingerprint density at radius 1 is 1.45 bits per heavy atom. The summed E-state index contributed by atoms with van der Waals surface area (Å²) in [5.74, 6) is -0.186. The van der Waals surface area contributed by atoms with Gasteiger partial charge in [0.05, 0.1) is 23.2 Å². The Kier molecular flexibility index (Phi) is 4.70. The number of methoxy groups -OCH3 is 1. The van der Waals surface area contributed by atoms with E-state index in [0.717, 1.165) is 11.3 Å². The normalized spacial score (nSPS) is 11.1. The number of fused-ring (bicyclic) bond motifs is 1. The number of carboxylic acid groups (broad SMARTS) is 1. The predicted octanol–water partition coefficient (Wildman–Crippen LogP) is 1.92. The van der Waals surface area contributed by atoms with Crippen LogP contribution < -0.4 is 0 Å². The molecule has 0 radical (unpaired) electrons. The topological polar surface area (TPSA) is 73.6 Å². The molecule has 6 nitrogen and oxygen atoms in total. The molecule has 2 aromatic rings. The summed E-state index contributed by atoms with van der Waals surface area (Å²) in [4.78, 5) is 15.4. The number of hydrogen-bond acceptors (Lipinski definition) is 4. The summed E-state index contributed by atoms with van der Waals surface area (Å²) in [6.45, 7) is 4.23. The number of imidazole rings is 1. The molecule has 1 heterocycles. The molecule has 0 saturated heterocycles. The highest BCUT2D eigenvalue weighted by atomic mass is 16.5. The maximum atomic E-state index is 11.0. The Hall–Kier alpha value is -1.92. The Balaban J connectivity index is 2.40. The molecular formula is C14H18N2O4. The maximum Gasteiger partial charge on any atom is 0.335 e. The van der Waals surface area contributed by atoms with Crippen LogP contribution in [0.15, 0.2) is 18.2 Å². The molecule has 0 amide bonds. The van der Waals surface area contributed by atoms with Crippen LogP contribution in [0.2, 0.25) is 0 Å². The van der Waals surface area contributed by atoms with Gasteiger partial charge in [-0.1, -0.05) is 0 Å². The van der Waals surface area contributed by atoms with Crippen LogP contribution in [-0.2, 0) is 22.6 Å². The molecular weight excluding hydrogens is 260 g/mol. The first kappa shape index (κ1) is 14.5. The van der Waals surface area contributed by atoms with E-state index in [-0.39, 0.29) is 5.56 Å². The molecule has 2 rings (SSSR count). The fraction of sp³-hybridized carbons (Fsp3) is 0.429. The number of hydrogen-bond donors (Lipinski definition) is 1. The van der Waals surface area contributed by atoms with Crippen LogP contribution in [0.3, 0.4) is 0 Å². The summed E-state index contributed by atoms with van der Waals surface area (Å²) < 4.78 is 12.5. The fourth-order valence-electron chi connectivity index (χ4n) is 2.10. The molecule has 0 aliphatic carbocycles. The monoisotopic (exact) mass is 278 g/mol. The highest BCUT2D eigenvalue weighted by Crippen LogP contribution is 2.19. The van der Waals surface area contributed by atoms with E-state index in [1.807, 2.05) is 11.5 Å². The van der Waals surface area contributed by atoms with Gasteiger partial charge in [0.15, 0.2) is 0 Å². The van der Waals surface area contributed by atoms with Gasteiger partial charge in [0.25, 0.3) is 0 Å². The van der Waals surface area contributed by atoms with E-state index >= 15 is 0 Å². The SMILES string of the molecule is CCOCCn1c(COC)nc2cc(C(=O)O)ccc21. The number of benzene rings is 1. The van der Waals surface area contributed by atoms with Crippen LogP contribution in [0.5, 0.6) is 0 Å². The second kappa shape index (κ2) is 6.49. The molecule has 1 N–H and O–H groups in total. The van der Waals surface area contributed by atoms with Gasteiger partial charge in [-0.05, 0) is 25.1 Å². The number of nitrogens with zero attached hydrogens (tertiary/aromatic N) is 2. The minimum Gasteiger partial charge on any atom is -0.478 e. The lowest BCUT2D eigenvalue weighted by Crippen LogP contribution is -2.10. The molecule has 1 aromatic carbocycles. The van der Waals surface area contributed by atoms with Crippen molar-refractivity contribution in [3.05, 3.63) is 29.6 Å². The minimum absolute atomic E-state index is 0.232. The minimum atomic E-state index is -0.955. The summed E-state index contributed by atoms with van der Waals surface area (Å²) in [5, 5.41) is 9.02. The first-order valence-corrected chi connectivity index (χ1v) is 6.46. The average Bonchev–Trinajstić information content (AvgIpc) is 2.76. The van der Waals surface area contributed by atoms with Crippen LogP contribution in [0.4, 0.5) is 0 Å². The zero-order valence-electron chi connectivity index (χ0n) is 11.6. The van der Waals surface area contributed by atoms with Gasteiger partial charge in [-0.2, -0.15) is 0 Å². The Morgan fingerprint density at radius 3 is 2.90 bits per heavy atom. The summed E-state index contributed by atoms with van der Waals surface area (Å²) in [5.41, 5.74) is 1.78. The summed E-state index contributed by atoms with van der Waals surface area (Å²) in [6, 6.07) is 4.94. The van der Waals surface area contributed by atoms with E-state index in [2.05, 4.69) is 4.98 Å². The molecule has 0 bridgehead atoms. The third-order valence-electron chi connectivity index (χ3n) is 3.01. The Labute approximate surface area is 116 Å². The van der Waals surface area contributed by atoms with Crippen molar-refractivity contribution in [2.45, 2.75) is 20.1 Å². The van der Waals surface area contributed by atoms with Gasteiger partial charge in [-0.15, -0.1) is 0 Å². The van der Waals surface area contributed by atoms with Crippen molar-refractivity contribution in [1.82, 2.24) is 9.55 Å². The van der Waals surface area contributed by atoms with Gasteiger partial charge in [0, 0.05) is 20.3 Å². The van der Waals surface area contributed by atoms with Crippen LogP contribution >= 0.6 is 0 Å². The molecule has 0 spiro atoms. The number of rotatable bonds is 7. The Morgan fingerprint density at radius 2 is 2.25 bits per heavy atom. The number of aromatic carboxylic acids is 1. The molecule has 20 heavy (non-hydrogen) atoms. The van der Waals surface area contributed by atoms with Crippen LogP contribution in [0, 0.1) is 0 Å². The van der Waals surface area contributed by atoms with Crippen LogP contribution in [-0.4, -0.2) is 41.0 Å². The van der Waals surface area contributed by atoms with Gasteiger partial charge in [-0.3, -0.25) is 0 Å². The van der Waals surface area contributed by atoms with Gasteiger partial charge in [0.1, 0.15) is 12.4 Å². The maximum absolute atomic E-state index is 11.0. The first-order valence-electron chi connectivity index (χ1n) is 6.46. The lowest BCUT2D eigenvalue weighted by atomic mass is 10.2. The Bertz CT molecular complexity index is 606. The predicted molar refractivity (Wildman–Crippen MR) is 73.9 cm³/mol. The largest absolute Gasteiger partial charge is 0.478 e. The first-order chi connectivity index (χ1) is 9.67. The van der Waals surface area contributed by atoms with Crippen molar-refractivity contribution in [1.29, 1.82) is 0 Å². The van der Waals surface area contributed by atoms with Gasteiger partial charge in [-0.25, -0.2) is 9.78 Å². The number of carbonyl (C=O) groups is 1. The van der Waals surface area contributed by atoms with E-state index < -0.39 is 5.97 Å². The molecule has 6 heteroatoms. The number of ether oxygens (including phenoxy) is 2. The fourth-order valence-corrected chi connectivity index (χ4v) is 2.10. The molecule has 0 aliphatic rings. The standard InChI is InChI=1S/C14H18N2O4/c1-3-20-7-6-16-12-5-4-10(14(17)18)8-11(12)15-13(16)9-19-2/h4-5,8H,3,6-7,9H2,1-2H3,(H,17,18). The summed E-state index contributed by atoms with van der Waals surface area (Å²) >= 11 is 0. The quantitative estimate of drug-likeness (QED) is 0.783. The lowest BCUT2D eigenvalue weighted by Gasteiger charge is -2.08. The van der Waals surface area contributed by atoms with Crippen molar-refractivity contribution in [2.24, 2.45) is 0 Å². The van der Waals surface area contributed by atoms with Crippen LogP contribution in [0.1, 0.15) is 23.1 Å². The second-order valence-corrected chi connectivity index (χ2v) is 4.32. The molecule has 0 fully saturated rings. The zero-order chi connectivity index (χ0) is 14.5. The van der Waals surface area contributed by atoms with Crippen LogP contribution in [0.25, 0.3) is 11.0 Å². The van der Waals surface area contributed by atoms with Crippen molar-refractivity contribution < 1.29 is 19.4 Å². The molecule has 108 valence electrons. The molecule has 0 saturated carbocycles. The van der Waals surface area contributed by atoms with E-state index in [1.165, 1.54) is 0 Å². The molecule has 0 aliphatic heterocycles. The zero-order valence-corrected chi connectivity index (χ0v) is 11.6. The summed E-state index contributed by atoms with van der Waals surface area (Å²) in [7, 11) is 1.61. The van der Waals surface area contributed by atoms with Gasteiger partial charge >= 0.3 is 5.97 Å². The molecule has 0 atom stereocenters. The smallest absolute Gasteiger partial charge is 0.335 e. The summed E-state index contributed by atoms with van der Waals surface area (Å²) in [6.07, 6.45) is 0. The third kappa shape index (κ3) is 2.97. The lowest BCUT2D eigenvalue weighted by molar-refractivity contribution is 0.0697. The van der Waals surface area contributed by atoms with Gasteiger partial charge in [0.2, 0.25) is 0 Å². The van der Waals surface area contributed by atoms with Crippen molar-refractivity contribution in [2.75, 3.05) is 20.3 Å². The second-order valence-electron chi connectivity index (χ2n) is 4.32. The van der Waals surface area contributed by atoms with Crippen molar-refractivity contribution >= 4 is 17.0 Å². The highest BCUT2D eigenvalue weighted by molar-refractivity contribution is 5.92. The number of aromatic nitrogens is 2.